The van der Waals surface area contributed by atoms with E-state index in [1.54, 1.807) is 0 Å². The van der Waals surface area contributed by atoms with Crippen LogP contribution in [0, 0.1) is 11.8 Å². The fraction of sp³-hybridized carbons (Fsp3) is 0.538. The number of benzene rings is 1. The summed E-state index contributed by atoms with van der Waals surface area (Å²) in [6.45, 7) is 5.22. The van der Waals surface area contributed by atoms with Crippen LogP contribution in [0.15, 0.2) is 17.0 Å². The summed E-state index contributed by atoms with van der Waals surface area (Å²) in [6.07, 6.45) is 0.863. The van der Waals surface area contributed by atoms with Crippen molar-refractivity contribution >= 4 is 38.9 Å². The van der Waals surface area contributed by atoms with E-state index in [1.165, 1.54) is 16.4 Å². The molecular formula is C13H18Cl2N2O2S. The highest BCUT2D eigenvalue weighted by Gasteiger charge is 2.35. The molecule has 0 spiro atoms. The first kappa shape index (κ1) is 15.9. The summed E-state index contributed by atoms with van der Waals surface area (Å²) < 4.78 is 26.8. The lowest BCUT2D eigenvalue weighted by atomic mass is 9.96. The molecule has 20 heavy (non-hydrogen) atoms. The molecule has 1 saturated heterocycles. The number of rotatable bonds is 3. The van der Waals surface area contributed by atoms with Gasteiger partial charge in [-0.2, -0.15) is 4.31 Å². The molecule has 1 aliphatic heterocycles. The van der Waals surface area contributed by atoms with Gasteiger partial charge in [-0.05, 0) is 30.4 Å². The Morgan fingerprint density at radius 1 is 1.35 bits per heavy atom. The van der Waals surface area contributed by atoms with Gasteiger partial charge in [0.2, 0.25) is 10.0 Å². The van der Waals surface area contributed by atoms with Crippen LogP contribution >= 0.6 is 23.2 Å². The Morgan fingerprint density at radius 3 is 2.50 bits per heavy atom. The maximum absolute atomic E-state index is 12.7. The molecule has 1 unspecified atom stereocenters. The summed E-state index contributed by atoms with van der Waals surface area (Å²) in [7, 11) is -3.67. The minimum absolute atomic E-state index is 0.0343. The highest BCUT2D eigenvalue weighted by atomic mass is 35.5. The normalized spacial score (nSPS) is 20.8. The van der Waals surface area contributed by atoms with E-state index >= 15 is 0 Å². The van der Waals surface area contributed by atoms with E-state index < -0.39 is 10.0 Å². The second-order valence-corrected chi connectivity index (χ2v) is 8.18. The summed E-state index contributed by atoms with van der Waals surface area (Å²) in [4.78, 5) is -0.0343. The van der Waals surface area contributed by atoms with Crippen LogP contribution in [0.2, 0.25) is 10.0 Å². The van der Waals surface area contributed by atoms with Gasteiger partial charge in [-0.25, -0.2) is 8.42 Å². The molecule has 1 aromatic carbocycles. The minimum Gasteiger partial charge on any atom is -0.398 e. The lowest BCUT2D eigenvalue weighted by molar-refractivity contribution is 0.388. The van der Waals surface area contributed by atoms with Crippen LogP contribution in [-0.4, -0.2) is 25.8 Å². The Hall–Kier alpha value is -0.490. The number of anilines is 1. The average Bonchev–Trinajstić information content (AvgIpc) is 2.76. The number of hydrogen-bond donors (Lipinski definition) is 1. The highest BCUT2D eigenvalue weighted by molar-refractivity contribution is 7.89. The molecule has 1 heterocycles. The SMILES string of the molecule is CC(C)C1CCN(S(=O)(=O)c2c(N)cc(Cl)cc2Cl)C1. The summed E-state index contributed by atoms with van der Waals surface area (Å²) >= 11 is 11.9. The zero-order valence-corrected chi connectivity index (χ0v) is 13.8. The molecule has 4 nitrogen and oxygen atoms in total. The molecular weight excluding hydrogens is 319 g/mol. The molecule has 112 valence electrons. The summed E-state index contributed by atoms with van der Waals surface area (Å²) in [6, 6.07) is 2.82. The topological polar surface area (TPSA) is 63.4 Å². The van der Waals surface area contributed by atoms with Gasteiger partial charge in [0.25, 0.3) is 0 Å². The van der Waals surface area contributed by atoms with Gasteiger partial charge in [0.05, 0.1) is 10.7 Å². The van der Waals surface area contributed by atoms with Gasteiger partial charge < -0.3 is 5.73 Å². The molecule has 7 heteroatoms. The molecule has 1 atom stereocenters. The third-order valence-corrected chi connectivity index (χ3v) is 6.38. The van der Waals surface area contributed by atoms with Crippen molar-refractivity contribution in [2.75, 3.05) is 18.8 Å². The van der Waals surface area contributed by atoms with E-state index in [0.717, 1.165) is 6.42 Å². The monoisotopic (exact) mass is 336 g/mol. The summed E-state index contributed by atoms with van der Waals surface area (Å²) in [5.74, 6) is 0.824. The second-order valence-electron chi connectivity index (χ2n) is 5.46. The maximum Gasteiger partial charge on any atom is 0.246 e. The smallest absolute Gasteiger partial charge is 0.246 e. The lowest BCUT2D eigenvalue weighted by Crippen LogP contribution is -2.30. The largest absolute Gasteiger partial charge is 0.398 e. The van der Waals surface area contributed by atoms with Crippen molar-refractivity contribution < 1.29 is 8.42 Å². The maximum atomic E-state index is 12.7. The number of nitrogen functional groups attached to an aromatic ring is 1. The van der Waals surface area contributed by atoms with Crippen molar-refractivity contribution in [3.63, 3.8) is 0 Å². The Kier molecular flexibility index (Phi) is 4.54. The Bertz CT molecular complexity index is 594. The van der Waals surface area contributed by atoms with E-state index in [-0.39, 0.29) is 15.6 Å². The average molecular weight is 337 g/mol. The predicted molar refractivity (Wildman–Crippen MR) is 82.6 cm³/mol. The minimum atomic E-state index is -3.67. The van der Waals surface area contributed by atoms with Crippen LogP contribution in [0.3, 0.4) is 0 Å². The zero-order valence-electron chi connectivity index (χ0n) is 11.4. The molecule has 2 N–H and O–H groups in total. The van der Waals surface area contributed by atoms with Gasteiger partial charge >= 0.3 is 0 Å². The van der Waals surface area contributed by atoms with E-state index in [1.807, 2.05) is 0 Å². The van der Waals surface area contributed by atoms with Crippen LogP contribution in [0.25, 0.3) is 0 Å². The molecule has 0 radical (unpaired) electrons. The van der Waals surface area contributed by atoms with Crippen LogP contribution < -0.4 is 5.73 Å². The van der Waals surface area contributed by atoms with Crippen molar-refractivity contribution in [2.24, 2.45) is 11.8 Å². The summed E-state index contributed by atoms with van der Waals surface area (Å²) in [5, 5.41) is 0.399. The molecule has 0 bridgehead atoms. The van der Waals surface area contributed by atoms with Gasteiger partial charge in [-0.15, -0.1) is 0 Å². The van der Waals surface area contributed by atoms with Crippen LogP contribution in [0.5, 0.6) is 0 Å². The second kappa shape index (κ2) is 5.72. The first-order chi connectivity index (χ1) is 9.23. The van der Waals surface area contributed by atoms with E-state index in [2.05, 4.69) is 13.8 Å². The molecule has 0 amide bonds. The van der Waals surface area contributed by atoms with Crippen LogP contribution in [0.4, 0.5) is 5.69 Å². The van der Waals surface area contributed by atoms with Gasteiger partial charge in [-0.1, -0.05) is 37.0 Å². The van der Waals surface area contributed by atoms with Crippen LogP contribution in [-0.2, 0) is 10.0 Å². The van der Waals surface area contributed by atoms with Crippen LogP contribution in [0.1, 0.15) is 20.3 Å². The first-order valence-electron chi connectivity index (χ1n) is 6.48. The van der Waals surface area contributed by atoms with Crippen molar-refractivity contribution in [3.8, 4) is 0 Å². The van der Waals surface area contributed by atoms with Gasteiger partial charge in [0.15, 0.2) is 0 Å². The molecule has 0 aliphatic carbocycles. The molecule has 0 aromatic heterocycles. The standard InChI is InChI=1S/C13H18Cl2N2O2S/c1-8(2)9-3-4-17(7-9)20(18,19)13-11(15)5-10(14)6-12(13)16/h5-6,8-9H,3-4,7,16H2,1-2H3. The van der Waals surface area contributed by atoms with Gasteiger partial charge in [0.1, 0.15) is 4.90 Å². The van der Waals surface area contributed by atoms with Crippen molar-refractivity contribution in [1.82, 2.24) is 4.31 Å². The first-order valence-corrected chi connectivity index (χ1v) is 8.67. The highest BCUT2D eigenvalue weighted by Crippen LogP contribution is 2.36. The third-order valence-electron chi connectivity index (χ3n) is 3.77. The van der Waals surface area contributed by atoms with Gasteiger partial charge in [-0.3, -0.25) is 0 Å². The molecule has 1 aliphatic rings. The predicted octanol–water partition coefficient (Wildman–Crippen LogP) is 3.24. The number of halogens is 2. The lowest BCUT2D eigenvalue weighted by Gasteiger charge is -2.20. The third kappa shape index (κ3) is 2.91. The molecule has 0 saturated carbocycles. The Balaban J connectivity index is 2.38. The zero-order chi connectivity index (χ0) is 15.1. The fourth-order valence-electron chi connectivity index (χ4n) is 2.50. The fourth-order valence-corrected chi connectivity index (χ4v) is 4.95. The van der Waals surface area contributed by atoms with Crippen molar-refractivity contribution in [3.05, 3.63) is 22.2 Å². The molecule has 1 aromatic rings. The quantitative estimate of drug-likeness (QED) is 0.861. The number of nitrogens with two attached hydrogens (primary N) is 1. The molecule has 2 rings (SSSR count). The van der Waals surface area contributed by atoms with Gasteiger partial charge in [0, 0.05) is 18.1 Å². The molecule has 1 fully saturated rings. The van der Waals surface area contributed by atoms with E-state index in [4.69, 9.17) is 28.9 Å². The number of hydrogen-bond acceptors (Lipinski definition) is 3. The van der Waals surface area contributed by atoms with Crippen molar-refractivity contribution in [1.29, 1.82) is 0 Å². The van der Waals surface area contributed by atoms with E-state index in [9.17, 15) is 8.42 Å². The summed E-state index contributed by atoms with van der Waals surface area (Å²) in [5.41, 5.74) is 5.89. The number of nitrogens with zero attached hydrogens (tertiary/aromatic N) is 1. The Labute approximate surface area is 129 Å². The Morgan fingerprint density at radius 2 is 2.00 bits per heavy atom. The number of sulfonamides is 1. The van der Waals surface area contributed by atoms with Crippen molar-refractivity contribution in [2.45, 2.75) is 25.2 Å². The van der Waals surface area contributed by atoms with E-state index in [0.29, 0.717) is 29.9 Å².